The van der Waals surface area contributed by atoms with Crippen LogP contribution >= 0.6 is 0 Å². The number of rotatable bonds is 2. The molecule has 3 aliphatic rings. The fourth-order valence-corrected chi connectivity index (χ4v) is 4.28. The van der Waals surface area contributed by atoms with Crippen LogP contribution in [0.3, 0.4) is 0 Å². The van der Waals surface area contributed by atoms with E-state index in [2.05, 4.69) is 0 Å². The summed E-state index contributed by atoms with van der Waals surface area (Å²) in [6.07, 6.45) is 2.33. The molecule has 0 saturated heterocycles. The van der Waals surface area contributed by atoms with Gasteiger partial charge in [-0.3, -0.25) is 14.5 Å². The van der Waals surface area contributed by atoms with Gasteiger partial charge in [0.2, 0.25) is 12.7 Å². The van der Waals surface area contributed by atoms with Gasteiger partial charge < -0.3 is 9.47 Å². The Morgan fingerprint density at radius 3 is 2.59 bits per heavy atom. The van der Waals surface area contributed by atoms with Crippen LogP contribution in [-0.4, -0.2) is 18.5 Å². The van der Waals surface area contributed by atoms with Gasteiger partial charge in [0.15, 0.2) is 17.3 Å². The Kier molecular flexibility index (Phi) is 3.74. The summed E-state index contributed by atoms with van der Waals surface area (Å²) in [5.74, 6) is 1.33. The van der Waals surface area contributed by atoms with Gasteiger partial charge in [0.05, 0.1) is 0 Å². The summed E-state index contributed by atoms with van der Waals surface area (Å²) in [7, 11) is 0. The van der Waals surface area contributed by atoms with E-state index >= 15 is 0 Å². The van der Waals surface area contributed by atoms with Crippen molar-refractivity contribution in [3.63, 3.8) is 0 Å². The van der Waals surface area contributed by atoms with Crippen molar-refractivity contribution in [1.82, 2.24) is 0 Å². The summed E-state index contributed by atoms with van der Waals surface area (Å²) in [4.78, 5) is 27.7. The minimum atomic E-state index is -0.227. The number of ether oxygens (including phenoxy) is 2. The van der Waals surface area contributed by atoms with Gasteiger partial charge in [-0.1, -0.05) is 24.3 Å². The van der Waals surface area contributed by atoms with Crippen LogP contribution in [0.25, 0.3) is 0 Å². The zero-order chi connectivity index (χ0) is 18.4. The number of benzene rings is 2. The molecule has 2 heterocycles. The Bertz CT molecular complexity index is 964. The van der Waals surface area contributed by atoms with Crippen LogP contribution in [0.2, 0.25) is 0 Å². The van der Waals surface area contributed by atoms with E-state index in [0.717, 1.165) is 35.4 Å². The molecule has 0 fully saturated rings. The van der Waals surface area contributed by atoms with Crippen molar-refractivity contribution >= 4 is 17.4 Å². The normalized spacial score (nSPS) is 21.5. The van der Waals surface area contributed by atoms with Crippen molar-refractivity contribution in [2.24, 2.45) is 0 Å². The average Bonchev–Trinajstić information content (AvgIpc) is 3.16. The third-order valence-corrected chi connectivity index (χ3v) is 5.49. The summed E-state index contributed by atoms with van der Waals surface area (Å²) in [6, 6.07) is 15.3. The fourth-order valence-electron chi connectivity index (χ4n) is 4.28. The van der Waals surface area contributed by atoms with E-state index in [-0.39, 0.29) is 30.8 Å². The van der Waals surface area contributed by atoms with Crippen molar-refractivity contribution in [2.45, 2.75) is 31.6 Å². The number of fused-ring (bicyclic) bond motifs is 1. The van der Waals surface area contributed by atoms with Crippen LogP contribution in [0.1, 0.15) is 37.2 Å². The number of allylic oxidation sites excluding steroid dienone is 2. The van der Waals surface area contributed by atoms with E-state index in [1.54, 1.807) is 4.90 Å². The Morgan fingerprint density at radius 2 is 1.74 bits per heavy atom. The molecule has 0 N–H and O–H groups in total. The standard InChI is InChI=1S/C22H19NO4/c24-18-8-4-7-17-22(18)16(14-9-10-19-20(11-14)27-13-26-19)12-21(25)23(17)15-5-2-1-3-6-15/h1-3,5-6,9-11,16H,4,7-8,12-13H2. The van der Waals surface area contributed by atoms with E-state index in [1.165, 1.54) is 0 Å². The quantitative estimate of drug-likeness (QED) is 0.813. The number of carbonyl (C=O) groups excluding carboxylic acids is 2. The SMILES string of the molecule is O=C1CCCC2=C1C(c1ccc3c(c1)OCO3)CC(=O)N2c1ccccc1. The second kappa shape index (κ2) is 6.27. The fraction of sp³-hybridized carbons (Fsp3) is 0.273. The lowest BCUT2D eigenvalue weighted by molar-refractivity contribution is -0.119. The lowest BCUT2D eigenvalue weighted by atomic mass is 9.77. The first-order chi connectivity index (χ1) is 13.2. The molecule has 0 saturated carbocycles. The number of ketones is 1. The lowest BCUT2D eigenvalue weighted by Crippen LogP contribution is -2.40. The summed E-state index contributed by atoms with van der Waals surface area (Å²) in [5, 5.41) is 0. The second-order valence-electron chi connectivity index (χ2n) is 7.07. The van der Waals surface area contributed by atoms with Gasteiger partial charge in [-0.05, 0) is 42.7 Å². The zero-order valence-corrected chi connectivity index (χ0v) is 14.8. The highest BCUT2D eigenvalue weighted by atomic mass is 16.7. The average molecular weight is 361 g/mol. The molecule has 2 aromatic carbocycles. The predicted molar refractivity (Wildman–Crippen MR) is 99.7 cm³/mol. The molecule has 1 unspecified atom stereocenters. The third-order valence-electron chi connectivity index (χ3n) is 5.49. The molecule has 5 rings (SSSR count). The summed E-state index contributed by atoms with van der Waals surface area (Å²) < 4.78 is 10.9. The van der Waals surface area contributed by atoms with Crippen molar-refractivity contribution in [2.75, 3.05) is 11.7 Å². The maximum Gasteiger partial charge on any atom is 0.232 e. The number of hydrogen-bond donors (Lipinski definition) is 0. The molecule has 136 valence electrons. The molecule has 27 heavy (non-hydrogen) atoms. The van der Waals surface area contributed by atoms with E-state index in [1.807, 2.05) is 48.5 Å². The predicted octanol–water partition coefficient (Wildman–Crippen LogP) is 3.94. The van der Waals surface area contributed by atoms with Crippen LogP contribution < -0.4 is 14.4 Å². The van der Waals surface area contributed by atoms with Gasteiger partial charge in [-0.2, -0.15) is 0 Å². The van der Waals surface area contributed by atoms with Crippen LogP contribution in [0.15, 0.2) is 59.8 Å². The van der Waals surface area contributed by atoms with Crippen molar-refractivity contribution in [3.05, 3.63) is 65.4 Å². The van der Waals surface area contributed by atoms with Gasteiger partial charge in [0.1, 0.15) is 0 Å². The van der Waals surface area contributed by atoms with Crippen molar-refractivity contribution in [3.8, 4) is 11.5 Å². The zero-order valence-electron chi connectivity index (χ0n) is 14.8. The molecule has 0 spiro atoms. The first-order valence-electron chi connectivity index (χ1n) is 9.26. The number of hydrogen-bond acceptors (Lipinski definition) is 4. The summed E-state index contributed by atoms with van der Waals surface area (Å²) in [5.41, 5.74) is 3.40. The number of anilines is 1. The Morgan fingerprint density at radius 1 is 0.926 bits per heavy atom. The minimum absolute atomic E-state index is 0.0253. The number of Topliss-reactive ketones (excluding diaryl/α,β-unsaturated/α-hetero) is 1. The maximum atomic E-state index is 13.1. The van der Waals surface area contributed by atoms with E-state index in [0.29, 0.717) is 17.9 Å². The molecule has 2 aromatic rings. The number of nitrogens with zero attached hydrogens (tertiary/aromatic N) is 1. The summed E-state index contributed by atoms with van der Waals surface area (Å²) in [6.45, 7) is 0.205. The van der Waals surface area contributed by atoms with E-state index in [9.17, 15) is 9.59 Å². The van der Waals surface area contributed by atoms with Crippen molar-refractivity contribution in [1.29, 1.82) is 0 Å². The van der Waals surface area contributed by atoms with Gasteiger partial charge in [-0.15, -0.1) is 0 Å². The lowest BCUT2D eigenvalue weighted by Gasteiger charge is -2.38. The molecule has 0 aromatic heterocycles. The van der Waals surface area contributed by atoms with Crippen molar-refractivity contribution < 1.29 is 19.1 Å². The maximum absolute atomic E-state index is 13.1. The highest BCUT2D eigenvalue weighted by molar-refractivity contribution is 6.07. The molecule has 5 nitrogen and oxygen atoms in total. The molecule has 1 atom stereocenters. The number of amides is 1. The molecule has 1 amide bonds. The highest BCUT2D eigenvalue weighted by Gasteiger charge is 2.40. The van der Waals surface area contributed by atoms with Gasteiger partial charge >= 0.3 is 0 Å². The molecule has 5 heteroatoms. The third kappa shape index (κ3) is 2.62. The van der Waals surface area contributed by atoms with Gasteiger partial charge in [0, 0.05) is 35.7 Å². The molecule has 0 radical (unpaired) electrons. The minimum Gasteiger partial charge on any atom is -0.454 e. The van der Waals surface area contributed by atoms with Crippen LogP contribution in [0.4, 0.5) is 5.69 Å². The topological polar surface area (TPSA) is 55.8 Å². The Hall–Kier alpha value is -3.08. The molecule has 2 aliphatic heterocycles. The monoisotopic (exact) mass is 361 g/mol. The van der Waals surface area contributed by atoms with E-state index in [4.69, 9.17) is 9.47 Å². The molecular weight excluding hydrogens is 342 g/mol. The first kappa shape index (κ1) is 16.1. The molecular formula is C22H19NO4. The molecule has 1 aliphatic carbocycles. The Balaban J connectivity index is 1.63. The Labute approximate surface area is 157 Å². The smallest absolute Gasteiger partial charge is 0.232 e. The highest BCUT2D eigenvalue weighted by Crippen LogP contribution is 2.45. The summed E-state index contributed by atoms with van der Waals surface area (Å²) >= 11 is 0. The van der Waals surface area contributed by atoms with Gasteiger partial charge in [0.25, 0.3) is 0 Å². The first-order valence-corrected chi connectivity index (χ1v) is 9.26. The van der Waals surface area contributed by atoms with E-state index < -0.39 is 0 Å². The molecule has 0 bridgehead atoms. The van der Waals surface area contributed by atoms with Gasteiger partial charge in [-0.25, -0.2) is 0 Å². The number of carbonyl (C=O) groups is 2. The second-order valence-corrected chi connectivity index (χ2v) is 7.07. The largest absolute Gasteiger partial charge is 0.454 e. The van der Waals surface area contributed by atoms with Crippen LogP contribution in [0.5, 0.6) is 11.5 Å². The van der Waals surface area contributed by atoms with Crippen LogP contribution in [-0.2, 0) is 9.59 Å². The number of para-hydroxylation sites is 1. The van der Waals surface area contributed by atoms with Crippen LogP contribution in [0, 0.1) is 0 Å².